The Kier molecular flexibility index (Phi) is 7.12. The summed E-state index contributed by atoms with van der Waals surface area (Å²) in [6.07, 6.45) is 0. The fourth-order valence-corrected chi connectivity index (χ4v) is 5.16. The summed E-state index contributed by atoms with van der Waals surface area (Å²) in [6, 6.07) is 33.4. The Morgan fingerprint density at radius 1 is 0.861 bits per heavy atom. The van der Waals surface area contributed by atoms with Crippen molar-refractivity contribution in [2.45, 2.75) is 5.03 Å². The van der Waals surface area contributed by atoms with Crippen molar-refractivity contribution in [1.29, 1.82) is 5.26 Å². The minimum atomic E-state index is -0.243. The SMILES string of the molecule is N#Cc1c(-c2ccccc2)cc(-c2ccccc2)nc1SCC(=O)Nc1nnc(-c2ccccc2)s1. The number of hydrogen-bond donors (Lipinski definition) is 1. The van der Waals surface area contributed by atoms with E-state index in [4.69, 9.17) is 4.98 Å². The van der Waals surface area contributed by atoms with Crippen molar-refractivity contribution in [3.05, 3.63) is 103 Å². The second kappa shape index (κ2) is 11.0. The van der Waals surface area contributed by atoms with E-state index in [0.717, 1.165) is 33.0 Å². The van der Waals surface area contributed by atoms with E-state index in [9.17, 15) is 10.1 Å². The second-order valence-corrected chi connectivity index (χ2v) is 9.64. The molecule has 3 aromatic carbocycles. The zero-order valence-corrected chi connectivity index (χ0v) is 20.6. The number of amides is 1. The zero-order valence-electron chi connectivity index (χ0n) is 19.0. The molecule has 1 N–H and O–H groups in total. The number of aromatic nitrogens is 3. The van der Waals surface area contributed by atoms with E-state index in [1.807, 2.05) is 97.1 Å². The number of thioether (sulfide) groups is 1. The van der Waals surface area contributed by atoms with E-state index in [-0.39, 0.29) is 11.7 Å². The van der Waals surface area contributed by atoms with Gasteiger partial charge in [0.1, 0.15) is 16.1 Å². The molecule has 5 aromatic rings. The van der Waals surface area contributed by atoms with Gasteiger partial charge in [-0.25, -0.2) is 4.98 Å². The highest BCUT2D eigenvalue weighted by Gasteiger charge is 2.17. The molecule has 1 amide bonds. The Morgan fingerprint density at radius 3 is 2.11 bits per heavy atom. The van der Waals surface area contributed by atoms with Gasteiger partial charge in [0.25, 0.3) is 0 Å². The summed E-state index contributed by atoms with van der Waals surface area (Å²) in [7, 11) is 0. The molecule has 2 aromatic heterocycles. The lowest BCUT2D eigenvalue weighted by molar-refractivity contribution is -0.113. The molecule has 0 radical (unpaired) electrons. The number of nitriles is 1. The molecule has 6 nitrogen and oxygen atoms in total. The predicted molar refractivity (Wildman–Crippen MR) is 145 cm³/mol. The molecule has 0 fully saturated rings. The van der Waals surface area contributed by atoms with E-state index < -0.39 is 0 Å². The fourth-order valence-electron chi connectivity index (χ4n) is 3.60. The molecule has 0 aliphatic heterocycles. The molecule has 0 saturated carbocycles. The van der Waals surface area contributed by atoms with Crippen molar-refractivity contribution in [3.63, 3.8) is 0 Å². The van der Waals surface area contributed by atoms with Gasteiger partial charge in [-0.1, -0.05) is 114 Å². The minimum Gasteiger partial charge on any atom is -0.300 e. The Hall–Kier alpha value is -4.32. The summed E-state index contributed by atoms with van der Waals surface area (Å²) < 4.78 is 0. The maximum absolute atomic E-state index is 12.7. The van der Waals surface area contributed by atoms with E-state index >= 15 is 0 Å². The van der Waals surface area contributed by atoms with Crippen LogP contribution in [-0.2, 0) is 4.79 Å². The highest BCUT2D eigenvalue weighted by atomic mass is 32.2. The quantitative estimate of drug-likeness (QED) is 0.253. The molecule has 174 valence electrons. The molecule has 0 saturated heterocycles. The van der Waals surface area contributed by atoms with E-state index in [1.165, 1.54) is 23.1 Å². The number of carbonyl (C=O) groups excluding carboxylic acids is 1. The van der Waals surface area contributed by atoms with E-state index in [0.29, 0.717) is 15.7 Å². The van der Waals surface area contributed by atoms with Crippen molar-refractivity contribution in [2.24, 2.45) is 0 Å². The number of pyridine rings is 1. The lowest BCUT2D eigenvalue weighted by Crippen LogP contribution is -2.14. The first-order valence-corrected chi connectivity index (χ1v) is 12.9. The van der Waals surface area contributed by atoms with Gasteiger partial charge >= 0.3 is 0 Å². The second-order valence-electron chi connectivity index (χ2n) is 7.69. The van der Waals surface area contributed by atoms with Crippen molar-refractivity contribution in [2.75, 3.05) is 11.1 Å². The average Bonchev–Trinajstić information content (AvgIpc) is 3.41. The van der Waals surface area contributed by atoms with Crippen molar-refractivity contribution < 1.29 is 4.79 Å². The Bertz CT molecular complexity index is 1530. The Morgan fingerprint density at radius 2 is 1.47 bits per heavy atom. The first-order chi connectivity index (χ1) is 17.7. The molecule has 2 heterocycles. The van der Waals surface area contributed by atoms with Gasteiger partial charge in [-0.05, 0) is 11.6 Å². The minimum absolute atomic E-state index is 0.0778. The van der Waals surface area contributed by atoms with Crippen molar-refractivity contribution in [3.8, 4) is 39.0 Å². The zero-order chi connectivity index (χ0) is 24.7. The molecule has 0 atom stereocenters. The number of rotatable bonds is 7. The third-order valence-electron chi connectivity index (χ3n) is 5.28. The van der Waals surface area contributed by atoms with Crippen LogP contribution in [-0.4, -0.2) is 26.8 Å². The van der Waals surface area contributed by atoms with Crippen LogP contribution < -0.4 is 5.32 Å². The summed E-state index contributed by atoms with van der Waals surface area (Å²) in [6.45, 7) is 0. The highest BCUT2D eigenvalue weighted by Crippen LogP contribution is 2.34. The number of nitrogens with one attached hydrogen (secondary N) is 1. The number of nitrogens with zero attached hydrogens (tertiary/aromatic N) is 4. The molecule has 0 spiro atoms. The molecular weight excluding hydrogens is 486 g/mol. The highest BCUT2D eigenvalue weighted by molar-refractivity contribution is 8.00. The normalized spacial score (nSPS) is 10.5. The monoisotopic (exact) mass is 505 g/mol. The van der Waals surface area contributed by atoms with Gasteiger partial charge < -0.3 is 0 Å². The number of carbonyl (C=O) groups is 1. The van der Waals surface area contributed by atoms with Crippen LogP contribution in [0.2, 0.25) is 0 Å². The first-order valence-electron chi connectivity index (χ1n) is 11.1. The number of hydrogen-bond acceptors (Lipinski definition) is 7. The third kappa shape index (κ3) is 5.33. The lowest BCUT2D eigenvalue weighted by atomic mass is 9.99. The maximum Gasteiger partial charge on any atom is 0.236 e. The topological polar surface area (TPSA) is 91.6 Å². The number of anilines is 1. The number of benzene rings is 3. The van der Waals surface area contributed by atoms with Crippen LogP contribution in [0.15, 0.2) is 102 Å². The fraction of sp³-hybridized carbons (Fsp3) is 0.0357. The summed E-state index contributed by atoms with van der Waals surface area (Å²) in [4.78, 5) is 17.5. The summed E-state index contributed by atoms with van der Waals surface area (Å²) in [5, 5.41) is 22.7. The van der Waals surface area contributed by atoms with Crippen LogP contribution >= 0.6 is 23.1 Å². The van der Waals surface area contributed by atoms with E-state index in [2.05, 4.69) is 21.6 Å². The van der Waals surface area contributed by atoms with Gasteiger partial charge in [0, 0.05) is 16.7 Å². The maximum atomic E-state index is 12.7. The van der Waals surface area contributed by atoms with Crippen LogP contribution in [0, 0.1) is 11.3 Å². The van der Waals surface area contributed by atoms with Crippen molar-refractivity contribution >= 4 is 34.1 Å². The molecule has 0 bridgehead atoms. The smallest absolute Gasteiger partial charge is 0.236 e. The summed E-state index contributed by atoms with van der Waals surface area (Å²) in [5.41, 5.74) is 4.77. The Labute approximate surface area is 216 Å². The molecule has 5 rings (SSSR count). The standard InChI is InChI=1S/C28H19N5OS2/c29-17-23-22(19-10-4-1-5-11-19)16-24(20-12-6-2-7-13-20)30-27(23)35-18-25(34)31-28-33-32-26(36-28)21-14-8-3-9-15-21/h1-16H,18H2,(H,31,33,34). The van der Waals surface area contributed by atoms with Gasteiger partial charge in [0.15, 0.2) is 0 Å². The third-order valence-corrected chi connectivity index (χ3v) is 7.15. The van der Waals surface area contributed by atoms with Crippen molar-refractivity contribution in [1.82, 2.24) is 15.2 Å². The van der Waals surface area contributed by atoms with Gasteiger partial charge in [0.2, 0.25) is 11.0 Å². The summed E-state index contributed by atoms with van der Waals surface area (Å²) >= 11 is 2.54. The Balaban J connectivity index is 1.39. The molecule has 0 aliphatic rings. The molecular formula is C28H19N5OS2. The van der Waals surface area contributed by atoms with Crippen LogP contribution in [0.25, 0.3) is 33.0 Å². The predicted octanol–water partition coefficient (Wildman–Crippen LogP) is 6.54. The van der Waals surface area contributed by atoms with E-state index in [1.54, 1.807) is 0 Å². The molecule has 36 heavy (non-hydrogen) atoms. The van der Waals surface area contributed by atoms with Crippen LogP contribution in [0.5, 0.6) is 0 Å². The molecule has 8 heteroatoms. The summed E-state index contributed by atoms with van der Waals surface area (Å²) in [5.74, 6) is -0.165. The van der Waals surface area contributed by atoms with Gasteiger partial charge in [-0.2, -0.15) is 5.26 Å². The van der Waals surface area contributed by atoms with Crippen LogP contribution in [0.1, 0.15) is 5.56 Å². The van der Waals surface area contributed by atoms with Gasteiger partial charge in [-0.3, -0.25) is 10.1 Å². The van der Waals surface area contributed by atoms with Gasteiger partial charge in [0.05, 0.1) is 17.0 Å². The van der Waals surface area contributed by atoms with Gasteiger partial charge in [-0.15, -0.1) is 10.2 Å². The van der Waals surface area contributed by atoms with Crippen LogP contribution in [0.4, 0.5) is 5.13 Å². The molecule has 0 unspecified atom stereocenters. The first kappa shape index (κ1) is 23.4. The lowest BCUT2D eigenvalue weighted by Gasteiger charge is -2.12. The average molecular weight is 506 g/mol. The largest absolute Gasteiger partial charge is 0.300 e. The molecule has 0 aliphatic carbocycles. The van der Waals surface area contributed by atoms with Crippen LogP contribution in [0.3, 0.4) is 0 Å².